The molecule has 4 rings (SSSR count). The number of aromatic nitrogens is 4. The van der Waals surface area contributed by atoms with Gasteiger partial charge in [-0.2, -0.15) is 0 Å². The Balaban J connectivity index is 1.52. The molecule has 0 amide bonds. The predicted molar refractivity (Wildman–Crippen MR) is 108 cm³/mol. The van der Waals surface area contributed by atoms with Crippen LogP contribution in [0.3, 0.4) is 0 Å². The molecular formula is C22H27N5. The average molecular weight is 361 g/mol. The highest BCUT2D eigenvalue weighted by Gasteiger charge is 2.25. The van der Waals surface area contributed by atoms with E-state index in [0.717, 1.165) is 37.6 Å². The van der Waals surface area contributed by atoms with Crippen LogP contribution < -0.4 is 4.90 Å². The van der Waals surface area contributed by atoms with E-state index in [1.807, 2.05) is 24.7 Å². The number of piperidine rings is 1. The van der Waals surface area contributed by atoms with Crippen LogP contribution >= 0.6 is 0 Å². The molecule has 0 bridgehead atoms. The number of anilines is 1. The van der Waals surface area contributed by atoms with Gasteiger partial charge in [0.05, 0.1) is 6.54 Å². The molecule has 4 heterocycles. The summed E-state index contributed by atoms with van der Waals surface area (Å²) in [5.74, 6) is 3.14. The summed E-state index contributed by atoms with van der Waals surface area (Å²) in [5.41, 5.74) is 2.36. The predicted octanol–water partition coefficient (Wildman–Crippen LogP) is 4.23. The van der Waals surface area contributed by atoms with E-state index in [0.29, 0.717) is 11.8 Å². The highest BCUT2D eigenvalue weighted by atomic mass is 15.2. The Morgan fingerprint density at radius 2 is 2.07 bits per heavy atom. The van der Waals surface area contributed by atoms with E-state index in [9.17, 15) is 0 Å². The zero-order valence-corrected chi connectivity index (χ0v) is 16.1. The molecule has 27 heavy (non-hydrogen) atoms. The van der Waals surface area contributed by atoms with Gasteiger partial charge < -0.3 is 9.47 Å². The lowest BCUT2D eigenvalue weighted by atomic mass is 9.97. The molecule has 140 valence electrons. The van der Waals surface area contributed by atoms with E-state index in [1.165, 1.54) is 17.8 Å². The van der Waals surface area contributed by atoms with Crippen LogP contribution in [0.25, 0.3) is 0 Å². The highest BCUT2D eigenvalue weighted by Crippen LogP contribution is 2.29. The normalized spacial score (nSPS) is 17.4. The zero-order chi connectivity index (χ0) is 18.6. The lowest BCUT2D eigenvalue weighted by Crippen LogP contribution is -2.36. The Kier molecular flexibility index (Phi) is 5.19. The van der Waals surface area contributed by atoms with Crippen LogP contribution in [0.15, 0.2) is 55.1 Å². The SMILES string of the molecule is CC(C)c1cccc(N2CCC[C@@H](c3nccn3Cc3cccnc3)C2)n1. The van der Waals surface area contributed by atoms with Crippen LogP contribution in [0.5, 0.6) is 0 Å². The number of nitrogens with zero attached hydrogens (tertiary/aromatic N) is 5. The van der Waals surface area contributed by atoms with Gasteiger partial charge in [-0.3, -0.25) is 4.98 Å². The van der Waals surface area contributed by atoms with Crippen molar-refractivity contribution < 1.29 is 0 Å². The minimum absolute atomic E-state index is 0.426. The monoisotopic (exact) mass is 361 g/mol. The molecule has 0 aromatic carbocycles. The lowest BCUT2D eigenvalue weighted by Gasteiger charge is -2.33. The Labute approximate surface area is 161 Å². The molecular weight excluding hydrogens is 334 g/mol. The van der Waals surface area contributed by atoms with Crippen molar-refractivity contribution in [3.05, 3.63) is 72.2 Å². The second kappa shape index (κ2) is 7.91. The van der Waals surface area contributed by atoms with Crippen molar-refractivity contribution in [2.24, 2.45) is 0 Å². The summed E-state index contributed by atoms with van der Waals surface area (Å²) in [7, 11) is 0. The topological polar surface area (TPSA) is 46.8 Å². The van der Waals surface area contributed by atoms with Crippen LogP contribution in [0.2, 0.25) is 0 Å². The van der Waals surface area contributed by atoms with Gasteiger partial charge in [-0.05, 0) is 42.5 Å². The smallest absolute Gasteiger partial charge is 0.128 e. The van der Waals surface area contributed by atoms with Crippen LogP contribution in [-0.2, 0) is 6.54 Å². The van der Waals surface area contributed by atoms with Gasteiger partial charge >= 0.3 is 0 Å². The molecule has 1 saturated heterocycles. The van der Waals surface area contributed by atoms with E-state index in [2.05, 4.69) is 58.8 Å². The van der Waals surface area contributed by atoms with Gasteiger partial charge in [0.15, 0.2) is 0 Å². The van der Waals surface area contributed by atoms with E-state index >= 15 is 0 Å². The van der Waals surface area contributed by atoms with Gasteiger partial charge in [0.2, 0.25) is 0 Å². The summed E-state index contributed by atoms with van der Waals surface area (Å²) in [5, 5.41) is 0. The Bertz CT molecular complexity index is 871. The molecule has 5 nitrogen and oxygen atoms in total. The van der Waals surface area contributed by atoms with E-state index in [4.69, 9.17) is 9.97 Å². The van der Waals surface area contributed by atoms with Gasteiger partial charge in [0.25, 0.3) is 0 Å². The quantitative estimate of drug-likeness (QED) is 0.682. The summed E-state index contributed by atoms with van der Waals surface area (Å²) in [6.07, 6.45) is 10.1. The van der Waals surface area contributed by atoms with E-state index in [1.54, 1.807) is 0 Å². The molecule has 3 aromatic heterocycles. The first-order valence-corrected chi connectivity index (χ1v) is 9.82. The van der Waals surface area contributed by atoms with Gasteiger partial charge in [-0.1, -0.05) is 26.0 Å². The number of imidazole rings is 1. The first kappa shape index (κ1) is 17.7. The molecule has 0 radical (unpaired) electrons. The summed E-state index contributed by atoms with van der Waals surface area (Å²) in [6.45, 7) is 7.24. The van der Waals surface area contributed by atoms with Gasteiger partial charge in [0, 0.05) is 49.5 Å². The van der Waals surface area contributed by atoms with Crippen molar-refractivity contribution in [2.75, 3.05) is 18.0 Å². The van der Waals surface area contributed by atoms with Crippen LogP contribution in [0.1, 0.15) is 55.6 Å². The Hall–Kier alpha value is -2.69. The van der Waals surface area contributed by atoms with Crippen molar-refractivity contribution >= 4 is 5.82 Å². The molecule has 1 aliphatic heterocycles. The number of pyridine rings is 2. The molecule has 3 aromatic rings. The Morgan fingerprint density at radius 1 is 1.15 bits per heavy atom. The third kappa shape index (κ3) is 4.02. The van der Waals surface area contributed by atoms with Gasteiger partial charge in [-0.25, -0.2) is 9.97 Å². The molecule has 0 aliphatic carbocycles. The minimum Gasteiger partial charge on any atom is -0.356 e. The maximum Gasteiger partial charge on any atom is 0.128 e. The standard InChI is InChI=1S/C22H27N5/c1-17(2)20-8-3-9-21(25-20)26-12-5-7-19(16-26)22-24-11-13-27(22)15-18-6-4-10-23-14-18/h3-4,6,8-11,13-14,17,19H,5,7,12,15-16H2,1-2H3/t19-/m1/s1. The first-order valence-electron chi connectivity index (χ1n) is 9.82. The fraction of sp³-hybridized carbons (Fsp3) is 0.409. The van der Waals surface area contributed by atoms with Crippen molar-refractivity contribution in [3.63, 3.8) is 0 Å². The van der Waals surface area contributed by atoms with Crippen molar-refractivity contribution in [2.45, 2.75) is 45.1 Å². The lowest BCUT2D eigenvalue weighted by molar-refractivity contribution is 0.473. The summed E-state index contributed by atoms with van der Waals surface area (Å²) in [4.78, 5) is 16.2. The summed E-state index contributed by atoms with van der Waals surface area (Å²) < 4.78 is 2.27. The molecule has 1 atom stereocenters. The second-order valence-electron chi connectivity index (χ2n) is 7.64. The Morgan fingerprint density at radius 3 is 2.89 bits per heavy atom. The maximum absolute atomic E-state index is 4.89. The first-order chi connectivity index (χ1) is 13.2. The van der Waals surface area contributed by atoms with Crippen LogP contribution in [0.4, 0.5) is 5.82 Å². The van der Waals surface area contributed by atoms with Crippen molar-refractivity contribution in [1.29, 1.82) is 0 Å². The van der Waals surface area contributed by atoms with Crippen molar-refractivity contribution in [3.8, 4) is 0 Å². The fourth-order valence-corrected chi connectivity index (χ4v) is 3.84. The second-order valence-corrected chi connectivity index (χ2v) is 7.64. The van der Waals surface area contributed by atoms with Gasteiger partial charge in [0.1, 0.15) is 11.6 Å². The third-order valence-electron chi connectivity index (χ3n) is 5.28. The van der Waals surface area contributed by atoms with Gasteiger partial charge in [-0.15, -0.1) is 0 Å². The maximum atomic E-state index is 4.89. The minimum atomic E-state index is 0.426. The summed E-state index contributed by atoms with van der Waals surface area (Å²) in [6, 6.07) is 10.5. The number of rotatable bonds is 5. The molecule has 1 fully saturated rings. The van der Waals surface area contributed by atoms with Crippen molar-refractivity contribution in [1.82, 2.24) is 19.5 Å². The van der Waals surface area contributed by atoms with E-state index in [-0.39, 0.29) is 0 Å². The largest absolute Gasteiger partial charge is 0.356 e. The molecule has 5 heteroatoms. The zero-order valence-electron chi connectivity index (χ0n) is 16.1. The fourth-order valence-electron chi connectivity index (χ4n) is 3.84. The van der Waals surface area contributed by atoms with Crippen LogP contribution in [0, 0.1) is 0 Å². The molecule has 0 unspecified atom stereocenters. The molecule has 1 aliphatic rings. The highest BCUT2D eigenvalue weighted by molar-refractivity contribution is 5.41. The summed E-state index contributed by atoms with van der Waals surface area (Å²) >= 11 is 0. The average Bonchev–Trinajstić information content (AvgIpc) is 3.17. The molecule has 0 N–H and O–H groups in total. The van der Waals surface area contributed by atoms with E-state index < -0.39 is 0 Å². The number of hydrogen-bond acceptors (Lipinski definition) is 4. The number of hydrogen-bond donors (Lipinski definition) is 0. The van der Waals surface area contributed by atoms with Crippen LogP contribution in [-0.4, -0.2) is 32.6 Å². The third-order valence-corrected chi connectivity index (χ3v) is 5.28. The molecule has 0 saturated carbocycles. The molecule has 0 spiro atoms.